The molecule has 0 unspecified atom stereocenters. The molecule has 0 radical (unpaired) electrons. The van der Waals surface area contributed by atoms with Gasteiger partial charge in [-0.2, -0.15) is 0 Å². The fraction of sp³-hybridized carbons (Fsp3) is 0.0625. The molecule has 0 aliphatic heterocycles. The summed E-state index contributed by atoms with van der Waals surface area (Å²) in [7, 11) is 0. The van der Waals surface area contributed by atoms with Gasteiger partial charge in [-0.25, -0.2) is 9.37 Å². The summed E-state index contributed by atoms with van der Waals surface area (Å²) in [5.41, 5.74) is 3.30. The Labute approximate surface area is 105 Å². The van der Waals surface area contributed by atoms with Gasteiger partial charge in [0.15, 0.2) is 0 Å². The largest absolute Gasteiger partial charge is 0.245 e. The van der Waals surface area contributed by atoms with Crippen LogP contribution < -0.4 is 0 Å². The molecule has 1 nitrogen and oxygen atoms in total. The van der Waals surface area contributed by atoms with Crippen molar-refractivity contribution in [2.75, 3.05) is 0 Å². The SMILES string of the molecule is Cc1cc(-c2ccccc2)nc2c(F)cccc12. The zero-order valence-corrected chi connectivity index (χ0v) is 10.0. The Hall–Kier alpha value is -2.22. The Morgan fingerprint density at radius 2 is 1.72 bits per heavy atom. The Balaban J connectivity index is 2.31. The lowest BCUT2D eigenvalue weighted by Gasteiger charge is -2.07. The van der Waals surface area contributed by atoms with Crippen LogP contribution in [0.15, 0.2) is 54.6 Å². The van der Waals surface area contributed by atoms with Crippen LogP contribution in [0.25, 0.3) is 22.2 Å². The number of aromatic nitrogens is 1. The lowest BCUT2D eigenvalue weighted by Crippen LogP contribution is -1.91. The lowest BCUT2D eigenvalue weighted by molar-refractivity contribution is 0.637. The highest BCUT2D eigenvalue weighted by molar-refractivity contribution is 5.85. The van der Waals surface area contributed by atoms with E-state index in [0.29, 0.717) is 5.52 Å². The van der Waals surface area contributed by atoms with Gasteiger partial charge in [0.1, 0.15) is 11.3 Å². The Morgan fingerprint density at radius 3 is 2.50 bits per heavy atom. The minimum atomic E-state index is -0.270. The molecule has 0 aliphatic carbocycles. The molecule has 0 saturated heterocycles. The molecule has 2 aromatic carbocycles. The van der Waals surface area contributed by atoms with Gasteiger partial charge in [-0.15, -0.1) is 0 Å². The van der Waals surface area contributed by atoms with Gasteiger partial charge in [-0.1, -0.05) is 42.5 Å². The molecule has 3 aromatic rings. The van der Waals surface area contributed by atoms with Crippen LogP contribution in [0.2, 0.25) is 0 Å². The maximum absolute atomic E-state index is 13.8. The van der Waals surface area contributed by atoms with Crippen LogP contribution in [-0.4, -0.2) is 4.98 Å². The number of aryl methyl sites for hydroxylation is 1. The minimum Gasteiger partial charge on any atom is -0.245 e. The van der Waals surface area contributed by atoms with E-state index in [4.69, 9.17) is 0 Å². The van der Waals surface area contributed by atoms with E-state index in [2.05, 4.69) is 4.98 Å². The van der Waals surface area contributed by atoms with Gasteiger partial charge in [-0.05, 0) is 24.6 Å². The van der Waals surface area contributed by atoms with Gasteiger partial charge >= 0.3 is 0 Å². The summed E-state index contributed by atoms with van der Waals surface area (Å²) < 4.78 is 13.8. The summed E-state index contributed by atoms with van der Waals surface area (Å²) in [4.78, 5) is 4.43. The average Bonchev–Trinajstić information content (AvgIpc) is 2.41. The van der Waals surface area contributed by atoms with E-state index in [1.54, 1.807) is 6.07 Å². The van der Waals surface area contributed by atoms with Gasteiger partial charge < -0.3 is 0 Å². The lowest BCUT2D eigenvalue weighted by atomic mass is 10.1. The Bertz CT molecular complexity index is 705. The quantitative estimate of drug-likeness (QED) is 0.613. The van der Waals surface area contributed by atoms with Crippen LogP contribution in [0.5, 0.6) is 0 Å². The minimum absolute atomic E-state index is 0.270. The van der Waals surface area contributed by atoms with Gasteiger partial charge in [-0.3, -0.25) is 0 Å². The first-order chi connectivity index (χ1) is 8.75. The number of benzene rings is 2. The van der Waals surface area contributed by atoms with Crippen LogP contribution in [-0.2, 0) is 0 Å². The van der Waals surface area contributed by atoms with Gasteiger partial charge in [0.05, 0.1) is 5.69 Å². The first kappa shape index (κ1) is 10.9. The second-order valence-electron chi connectivity index (χ2n) is 4.33. The zero-order chi connectivity index (χ0) is 12.5. The number of hydrogen-bond acceptors (Lipinski definition) is 1. The third-order valence-electron chi connectivity index (χ3n) is 3.07. The fourth-order valence-corrected chi connectivity index (χ4v) is 2.14. The zero-order valence-electron chi connectivity index (χ0n) is 10.0. The van der Waals surface area contributed by atoms with Crippen molar-refractivity contribution in [2.24, 2.45) is 0 Å². The van der Waals surface area contributed by atoms with Crippen molar-refractivity contribution in [3.63, 3.8) is 0 Å². The first-order valence-corrected chi connectivity index (χ1v) is 5.87. The van der Waals surface area contributed by atoms with Gasteiger partial charge in [0.2, 0.25) is 0 Å². The van der Waals surface area contributed by atoms with Gasteiger partial charge in [0.25, 0.3) is 0 Å². The van der Waals surface area contributed by atoms with Crippen molar-refractivity contribution >= 4 is 10.9 Å². The monoisotopic (exact) mass is 237 g/mol. The Kier molecular flexibility index (Phi) is 2.56. The van der Waals surface area contributed by atoms with E-state index in [-0.39, 0.29) is 5.82 Å². The molecule has 1 heterocycles. The summed E-state index contributed by atoms with van der Waals surface area (Å²) in [6.07, 6.45) is 0. The highest BCUT2D eigenvalue weighted by atomic mass is 19.1. The molecule has 18 heavy (non-hydrogen) atoms. The smallest absolute Gasteiger partial charge is 0.149 e. The normalized spacial score (nSPS) is 10.8. The maximum Gasteiger partial charge on any atom is 0.149 e. The molecule has 0 bridgehead atoms. The topological polar surface area (TPSA) is 12.9 Å². The fourth-order valence-electron chi connectivity index (χ4n) is 2.14. The molecule has 2 heteroatoms. The number of nitrogens with zero attached hydrogens (tertiary/aromatic N) is 1. The van der Waals surface area contributed by atoms with E-state index in [1.807, 2.05) is 49.4 Å². The third-order valence-corrected chi connectivity index (χ3v) is 3.07. The predicted octanol–water partition coefficient (Wildman–Crippen LogP) is 4.35. The highest BCUT2D eigenvalue weighted by Crippen LogP contribution is 2.25. The van der Waals surface area contributed by atoms with Crippen LogP contribution in [0, 0.1) is 12.7 Å². The van der Waals surface area contributed by atoms with Crippen molar-refractivity contribution < 1.29 is 4.39 Å². The number of fused-ring (bicyclic) bond motifs is 1. The molecule has 0 fully saturated rings. The molecule has 0 atom stereocenters. The summed E-state index contributed by atoms with van der Waals surface area (Å²) in [6, 6.07) is 16.9. The third kappa shape index (κ3) is 1.76. The van der Waals surface area contributed by atoms with Crippen molar-refractivity contribution in [3.8, 4) is 11.3 Å². The van der Waals surface area contributed by atoms with Crippen LogP contribution in [0.1, 0.15) is 5.56 Å². The Morgan fingerprint density at radius 1 is 0.944 bits per heavy atom. The molecule has 0 saturated carbocycles. The average molecular weight is 237 g/mol. The molecular formula is C16H12FN. The van der Waals surface area contributed by atoms with E-state index < -0.39 is 0 Å². The number of para-hydroxylation sites is 1. The second kappa shape index (κ2) is 4.22. The van der Waals surface area contributed by atoms with Crippen LogP contribution in [0.4, 0.5) is 4.39 Å². The molecule has 1 aromatic heterocycles. The van der Waals surface area contributed by atoms with Gasteiger partial charge in [0, 0.05) is 10.9 Å². The second-order valence-corrected chi connectivity index (χ2v) is 4.33. The molecular weight excluding hydrogens is 225 g/mol. The van der Waals surface area contributed by atoms with Crippen molar-refractivity contribution in [1.82, 2.24) is 4.98 Å². The van der Waals surface area contributed by atoms with Crippen molar-refractivity contribution in [2.45, 2.75) is 6.92 Å². The molecule has 0 N–H and O–H groups in total. The number of halogens is 1. The molecule has 3 rings (SSSR count). The summed E-state index contributed by atoms with van der Waals surface area (Å²) in [6.45, 7) is 1.98. The number of pyridine rings is 1. The predicted molar refractivity (Wildman–Crippen MR) is 71.9 cm³/mol. The van der Waals surface area contributed by atoms with Crippen LogP contribution in [0.3, 0.4) is 0 Å². The standard InChI is InChI=1S/C16H12FN/c1-11-10-15(12-6-3-2-4-7-12)18-16-13(11)8-5-9-14(16)17/h2-10H,1H3. The molecule has 0 amide bonds. The van der Waals surface area contributed by atoms with Crippen LogP contribution >= 0.6 is 0 Å². The van der Waals surface area contributed by atoms with E-state index in [9.17, 15) is 4.39 Å². The summed E-state index contributed by atoms with van der Waals surface area (Å²) in [5, 5.41) is 0.870. The molecule has 0 spiro atoms. The number of hydrogen-bond donors (Lipinski definition) is 0. The van der Waals surface area contributed by atoms with E-state index >= 15 is 0 Å². The van der Waals surface area contributed by atoms with Crippen molar-refractivity contribution in [3.05, 3.63) is 66.0 Å². The number of rotatable bonds is 1. The summed E-state index contributed by atoms with van der Waals surface area (Å²) in [5.74, 6) is -0.270. The highest BCUT2D eigenvalue weighted by Gasteiger charge is 2.07. The summed E-state index contributed by atoms with van der Waals surface area (Å²) >= 11 is 0. The van der Waals surface area contributed by atoms with E-state index in [1.165, 1.54) is 6.07 Å². The maximum atomic E-state index is 13.8. The molecule has 0 aliphatic rings. The first-order valence-electron chi connectivity index (χ1n) is 5.87. The van der Waals surface area contributed by atoms with E-state index in [0.717, 1.165) is 22.2 Å². The molecule has 88 valence electrons. The van der Waals surface area contributed by atoms with Crippen molar-refractivity contribution in [1.29, 1.82) is 0 Å².